The standard InChI is InChI=1S/C13H11NO3S2/c1-14-12(15)11(19-13(14)18)7-8-2-3-9-10(6-8)17-5-4-16-9/h2-3,6-7H,4-5H2,1H3. The van der Waals surface area contributed by atoms with E-state index in [-0.39, 0.29) is 5.91 Å². The summed E-state index contributed by atoms with van der Waals surface area (Å²) >= 11 is 6.40. The lowest BCUT2D eigenvalue weighted by molar-refractivity contribution is -0.121. The van der Waals surface area contributed by atoms with Crippen LogP contribution in [0.4, 0.5) is 0 Å². The maximum absolute atomic E-state index is 11.9. The van der Waals surface area contributed by atoms with Crippen LogP contribution in [0.15, 0.2) is 23.1 Å². The molecule has 19 heavy (non-hydrogen) atoms. The second kappa shape index (κ2) is 4.86. The van der Waals surface area contributed by atoms with E-state index in [1.165, 1.54) is 16.7 Å². The van der Waals surface area contributed by atoms with Crippen LogP contribution in [0.3, 0.4) is 0 Å². The number of thioether (sulfide) groups is 1. The molecule has 1 aromatic rings. The number of ether oxygens (including phenoxy) is 2. The van der Waals surface area contributed by atoms with Gasteiger partial charge in [0.25, 0.3) is 5.91 Å². The molecule has 3 rings (SSSR count). The van der Waals surface area contributed by atoms with Crippen molar-refractivity contribution in [3.8, 4) is 11.5 Å². The molecule has 2 aliphatic rings. The molecular weight excluding hydrogens is 282 g/mol. The van der Waals surface area contributed by atoms with E-state index in [1.807, 2.05) is 24.3 Å². The number of carbonyl (C=O) groups excluding carboxylic acids is 1. The summed E-state index contributed by atoms with van der Waals surface area (Å²) in [6.07, 6.45) is 1.82. The predicted molar refractivity (Wildman–Crippen MR) is 78.4 cm³/mol. The molecule has 2 aliphatic heterocycles. The van der Waals surface area contributed by atoms with Gasteiger partial charge in [-0.3, -0.25) is 9.69 Å². The van der Waals surface area contributed by atoms with Gasteiger partial charge in [-0.05, 0) is 23.8 Å². The van der Waals surface area contributed by atoms with Crippen LogP contribution in [0.5, 0.6) is 11.5 Å². The largest absolute Gasteiger partial charge is 0.486 e. The number of hydrogen-bond donors (Lipinski definition) is 0. The van der Waals surface area contributed by atoms with Gasteiger partial charge in [0.15, 0.2) is 11.5 Å². The van der Waals surface area contributed by atoms with E-state index in [1.54, 1.807) is 7.05 Å². The van der Waals surface area contributed by atoms with E-state index in [4.69, 9.17) is 21.7 Å². The Hall–Kier alpha value is -1.53. The molecule has 1 amide bonds. The highest BCUT2D eigenvalue weighted by Crippen LogP contribution is 2.34. The summed E-state index contributed by atoms with van der Waals surface area (Å²) in [6, 6.07) is 5.62. The minimum atomic E-state index is -0.0649. The van der Waals surface area contributed by atoms with Crippen LogP contribution in [0.2, 0.25) is 0 Å². The zero-order valence-electron chi connectivity index (χ0n) is 10.2. The van der Waals surface area contributed by atoms with Crippen molar-refractivity contribution >= 4 is 40.3 Å². The third-order valence-electron chi connectivity index (χ3n) is 2.85. The molecule has 0 atom stereocenters. The van der Waals surface area contributed by atoms with Gasteiger partial charge in [0.1, 0.15) is 17.5 Å². The number of nitrogens with zero attached hydrogens (tertiary/aromatic N) is 1. The third kappa shape index (κ3) is 2.33. The maximum atomic E-state index is 11.9. The normalized spacial score (nSPS) is 20.3. The molecule has 0 unspecified atom stereocenters. The van der Waals surface area contributed by atoms with Crippen molar-refractivity contribution < 1.29 is 14.3 Å². The lowest BCUT2D eigenvalue weighted by Gasteiger charge is -2.18. The summed E-state index contributed by atoms with van der Waals surface area (Å²) in [6.45, 7) is 1.12. The maximum Gasteiger partial charge on any atom is 0.265 e. The van der Waals surface area contributed by atoms with Crippen LogP contribution in [0.25, 0.3) is 6.08 Å². The number of hydrogen-bond acceptors (Lipinski definition) is 5. The van der Waals surface area contributed by atoms with Gasteiger partial charge in [0.2, 0.25) is 0 Å². The smallest absolute Gasteiger partial charge is 0.265 e. The van der Waals surface area contributed by atoms with E-state index in [0.717, 1.165) is 11.3 Å². The number of rotatable bonds is 1. The summed E-state index contributed by atoms with van der Waals surface area (Å²) < 4.78 is 11.5. The first-order chi connectivity index (χ1) is 9.15. The Bertz CT molecular complexity index is 598. The highest BCUT2D eigenvalue weighted by atomic mass is 32.2. The van der Waals surface area contributed by atoms with Gasteiger partial charge in [0, 0.05) is 7.05 Å². The molecule has 1 aromatic carbocycles. The minimum absolute atomic E-state index is 0.0649. The SMILES string of the molecule is CN1C(=O)C(=Cc2ccc3c(c2)OCCO3)SC1=S. The van der Waals surface area contributed by atoms with Crippen LogP contribution >= 0.6 is 24.0 Å². The first-order valence-corrected chi connectivity index (χ1v) is 6.99. The van der Waals surface area contributed by atoms with Crippen LogP contribution in [0.1, 0.15) is 5.56 Å². The van der Waals surface area contributed by atoms with Gasteiger partial charge in [-0.2, -0.15) is 0 Å². The van der Waals surface area contributed by atoms with Crippen molar-refractivity contribution in [3.63, 3.8) is 0 Å². The summed E-state index contributed by atoms with van der Waals surface area (Å²) in [7, 11) is 1.68. The Kier molecular flexibility index (Phi) is 3.20. The molecule has 0 spiro atoms. The van der Waals surface area contributed by atoms with Crippen molar-refractivity contribution in [1.29, 1.82) is 0 Å². The summed E-state index contributed by atoms with van der Waals surface area (Å²) in [5.41, 5.74) is 0.901. The van der Waals surface area contributed by atoms with Crippen LogP contribution in [0, 0.1) is 0 Å². The Morgan fingerprint density at radius 2 is 2.05 bits per heavy atom. The topological polar surface area (TPSA) is 38.8 Å². The molecule has 1 fully saturated rings. The number of fused-ring (bicyclic) bond motifs is 1. The molecule has 2 heterocycles. The Labute approximate surface area is 120 Å². The molecule has 1 saturated heterocycles. The average molecular weight is 293 g/mol. The first-order valence-electron chi connectivity index (χ1n) is 5.76. The van der Waals surface area contributed by atoms with E-state index >= 15 is 0 Å². The van der Waals surface area contributed by atoms with Gasteiger partial charge >= 0.3 is 0 Å². The summed E-state index contributed by atoms with van der Waals surface area (Å²) in [4.78, 5) is 14.0. The fraction of sp³-hybridized carbons (Fsp3) is 0.231. The minimum Gasteiger partial charge on any atom is -0.486 e. The average Bonchev–Trinajstić information content (AvgIpc) is 2.66. The van der Waals surface area contributed by atoms with E-state index in [0.29, 0.717) is 28.2 Å². The molecule has 0 bridgehead atoms. The van der Waals surface area contributed by atoms with Crippen molar-refractivity contribution in [2.75, 3.05) is 20.3 Å². The van der Waals surface area contributed by atoms with Crippen molar-refractivity contribution in [2.45, 2.75) is 0 Å². The molecule has 0 aliphatic carbocycles. The summed E-state index contributed by atoms with van der Waals surface area (Å²) in [5.74, 6) is 1.39. The van der Waals surface area contributed by atoms with Crippen molar-refractivity contribution in [2.24, 2.45) is 0 Å². The highest BCUT2D eigenvalue weighted by molar-refractivity contribution is 8.26. The fourth-order valence-corrected chi connectivity index (χ4v) is 3.03. The first kappa shape index (κ1) is 12.5. The Morgan fingerprint density at radius 3 is 2.74 bits per heavy atom. The molecule has 0 N–H and O–H groups in total. The molecule has 0 saturated carbocycles. The lowest BCUT2D eigenvalue weighted by atomic mass is 10.1. The third-order valence-corrected chi connectivity index (χ3v) is 4.34. The zero-order valence-corrected chi connectivity index (χ0v) is 11.8. The zero-order chi connectivity index (χ0) is 13.4. The Morgan fingerprint density at radius 1 is 1.32 bits per heavy atom. The second-order valence-corrected chi connectivity index (χ2v) is 5.82. The van der Waals surface area contributed by atoms with Gasteiger partial charge in [0.05, 0.1) is 4.91 Å². The monoisotopic (exact) mass is 293 g/mol. The van der Waals surface area contributed by atoms with E-state index in [2.05, 4.69) is 0 Å². The van der Waals surface area contributed by atoms with Gasteiger partial charge in [-0.15, -0.1) is 0 Å². The van der Waals surface area contributed by atoms with E-state index < -0.39 is 0 Å². The number of carbonyl (C=O) groups is 1. The number of likely N-dealkylation sites (N-methyl/N-ethyl adjacent to an activating group) is 1. The van der Waals surface area contributed by atoms with Crippen LogP contribution < -0.4 is 9.47 Å². The Balaban J connectivity index is 1.91. The number of thiocarbonyl (C=S) groups is 1. The lowest BCUT2D eigenvalue weighted by Crippen LogP contribution is -2.22. The molecule has 0 aromatic heterocycles. The van der Waals surface area contributed by atoms with Crippen molar-refractivity contribution in [1.82, 2.24) is 4.90 Å². The summed E-state index contributed by atoms with van der Waals surface area (Å²) in [5, 5.41) is 0. The number of amides is 1. The fourth-order valence-electron chi connectivity index (χ4n) is 1.85. The molecule has 6 heteroatoms. The van der Waals surface area contributed by atoms with Gasteiger partial charge in [-0.25, -0.2) is 0 Å². The van der Waals surface area contributed by atoms with Crippen LogP contribution in [-0.2, 0) is 4.79 Å². The predicted octanol–water partition coefficient (Wildman–Crippen LogP) is 2.29. The molecule has 98 valence electrons. The highest BCUT2D eigenvalue weighted by Gasteiger charge is 2.28. The van der Waals surface area contributed by atoms with Crippen molar-refractivity contribution in [3.05, 3.63) is 28.7 Å². The number of benzene rings is 1. The van der Waals surface area contributed by atoms with E-state index in [9.17, 15) is 4.79 Å². The quantitative estimate of drug-likeness (QED) is 0.587. The second-order valence-electron chi connectivity index (χ2n) is 4.14. The molecule has 4 nitrogen and oxygen atoms in total. The molecular formula is C13H11NO3S2. The molecule has 0 radical (unpaired) electrons. The van der Waals surface area contributed by atoms with Gasteiger partial charge < -0.3 is 9.47 Å². The van der Waals surface area contributed by atoms with Crippen LogP contribution in [-0.4, -0.2) is 35.4 Å². The van der Waals surface area contributed by atoms with Gasteiger partial charge in [-0.1, -0.05) is 30.0 Å².